The van der Waals surface area contributed by atoms with Crippen LogP contribution < -0.4 is 0 Å². The average molecular weight is 204 g/mol. The maximum Gasteiger partial charge on any atom is 0.185 e. The Hall–Kier alpha value is -1.84. The van der Waals surface area contributed by atoms with Gasteiger partial charge in [0.15, 0.2) is 12.1 Å². The third kappa shape index (κ3) is 1.48. The lowest BCUT2D eigenvalue weighted by atomic mass is 10.3. The van der Waals surface area contributed by atoms with Crippen LogP contribution in [-0.2, 0) is 0 Å². The Bertz CT molecular complexity index is 515. The predicted molar refractivity (Wildman–Crippen MR) is 57.2 cm³/mol. The zero-order chi connectivity index (χ0) is 11.0. The van der Waals surface area contributed by atoms with Gasteiger partial charge < -0.3 is 9.67 Å². The Morgan fingerprint density at radius 2 is 2.20 bits per heavy atom. The number of nitrogens with zero attached hydrogens (tertiary/aromatic N) is 2. The fourth-order valence-corrected chi connectivity index (χ4v) is 1.73. The van der Waals surface area contributed by atoms with Crippen molar-refractivity contribution in [3.8, 4) is 5.75 Å². The molecule has 0 amide bonds. The van der Waals surface area contributed by atoms with Crippen molar-refractivity contribution in [2.75, 3.05) is 0 Å². The molecule has 0 aliphatic carbocycles. The highest BCUT2D eigenvalue weighted by Crippen LogP contribution is 2.23. The Morgan fingerprint density at radius 3 is 2.80 bits per heavy atom. The number of aromatic nitrogens is 2. The van der Waals surface area contributed by atoms with E-state index in [2.05, 4.69) is 4.98 Å². The molecule has 0 aliphatic rings. The quantitative estimate of drug-likeness (QED) is 0.762. The van der Waals surface area contributed by atoms with Gasteiger partial charge in [-0.05, 0) is 26.0 Å². The summed E-state index contributed by atoms with van der Waals surface area (Å²) in [4.78, 5) is 15.0. The van der Waals surface area contributed by atoms with Crippen LogP contribution in [0, 0.1) is 0 Å². The van der Waals surface area contributed by atoms with Crippen molar-refractivity contribution in [1.29, 1.82) is 0 Å². The van der Waals surface area contributed by atoms with Crippen LogP contribution in [0.15, 0.2) is 18.2 Å². The van der Waals surface area contributed by atoms with E-state index in [-0.39, 0.29) is 11.8 Å². The van der Waals surface area contributed by atoms with Crippen LogP contribution in [0.5, 0.6) is 5.75 Å². The third-order valence-corrected chi connectivity index (χ3v) is 2.32. The molecule has 1 aromatic carbocycles. The lowest BCUT2D eigenvalue weighted by Gasteiger charge is -2.09. The van der Waals surface area contributed by atoms with Crippen LogP contribution in [-0.4, -0.2) is 20.9 Å². The van der Waals surface area contributed by atoms with Gasteiger partial charge in [0.25, 0.3) is 0 Å². The molecule has 0 radical (unpaired) electrons. The molecular weight excluding hydrogens is 192 g/mol. The third-order valence-electron chi connectivity index (χ3n) is 2.32. The van der Waals surface area contributed by atoms with Crippen molar-refractivity contribution in [1.82, 2.24) is 9.55 Å². The molecule has 78 valence electrons. The number of aldehydes is 1. The Balaban J connectivity index is 2.82. The number of benzene rings is 1. The van der Waals surface area contributed by atoms with E-state index in [0.717, 1.165) is 17.3 Å². The zero-order valence-electron chi connectivity index (χ0n) is 8.64. The predicted octanol–water partition coefficient (Wildman–Crippen LogP) is 2.14. The largest absolute Gasteiger partial charge is 0.508 e. The highest BCUT2D eigenvalue weighted by Gasteiger charge is 2.12. The van der Waals surface area contributed by atoms with Crippen LogP contribution in [0.4, 0.5) is 0 Å². The molecular formula is C11H12N2O2. The molecule has 0 bridgehead atoms. The van der Waals surface area contributed by atoms with E-state index >= 15 is 0 Å². The minimum atomic E-state index is 0.136. The molecule has 4 nitrogen and oxygen atoms in total. The Kier molecular flexibility index (Phi) is 2.19. The molecule has 0 fully saturated rings. The van der Waals surface area contributed by atoms with Crippen molar-refractivity contribution < 1.29 is 9.90 Å². The highest BCUT2D eigenvalue weighted by atomic mass is 16.3. The Morgan fingerprint density at radius 1 is 1.47 bits per heavy atom. The van der Waals surface area contributed by atoms with Crippen molar-refractivity contribution in [2.45, 2.75) is 19.9 Å². The molecule has 2 rings (SSSR count). The average Bonchev–Trinajstić information content (AvgIpc) is 2.55. The van der Waals surface area contributed by atoms with Gasteiger partial charge in [-0.1, -0.05) is 0 Å². The van der Waals surface area contributed by atoms with Gasteiger partial charge in [-0.3, -0.25) is 4.79 Å². The van der Waals surface area contributed by atoms with Crippen LogP contribution in [0.1, 0.15) is 30.5 Å². The number of fused-ring (bicyclic) bond motifs is 1. The Labute approximate surface area is 87.2 Å². The number of rotatable bonds is 2. The molecule has 1 heterocycles. The fourth-order valence-electron chi connectivity index (χ4n) is 1.73. The van der Waals surface area contributed by atoms with E-state index < -0.39 is 0 Å². The summed E-state index contributed by atoms with van der Waals surface area (Å²) in [6, 6.07) is 5.03. The minimum absolute atomic E-state index is 0.136. The number of imidazole rings is 1. The summed E-state index contributed by atoms with van der Waals surface area (Å²) in [7, 11) is 0. The van der Waals surface area contributed by atoms with Crippen LogP contribution in [0.25, 0.3) is 11.0 Å². The lowest BCUT2D eigenvalue weighted by Crippen LogP contribution is -2.05. The number of phenols is 1. The molecule has 15 heavy (non-hydrogen) atoms. The zero-order valence-corrected chi connectivity index (χ0v) is 8.64. The molecule has 0 unspecified atom stereocenters. The molecule has 0 aliphatic heterocycles. The van der Waals surface area contributed by atoms with Gasteiger partial charge in [-0.2, -0.15) is 0 Å². The number of aromatic hydroxyl groups is 1. The molecule has 0 atom stereocenters. The first-order valence-corrected chi connectivity index (χ1v) is 4.79. The van der Waals surface area contributed by atoms with Gasteiger partial charge in [0.05, 0.1) is 11.0 Å². The number of phenolic OH excluding ortho intramolecular Hbond substituents is 1. The number of carbonyl (C=O) groups is 1. The van der Waals surface area contributed by atoms with E-state index in [1.807, 2.05) is 18.4 Å². The first kappa shape index (κ1) is 9.71. The van der Waals surface area contributed by atoms with Crippen LogP contribution in [0.2, 0.25) is 0 Å². The smallest absolute Gasteiger partial charge is 0.185 e. The molecule has 4 heteroatoms. The van der Waals surface area contributed by atoms with Gasteiger partial charge in [0, 0.05) is 12.1 Å². The van der Waals surface area contributed by atoms with E-state index in [9.17, 15) is 9.90 Å². The lowest BCUT2D eigenvalue weighted by molar-refractivity contribution is 0.111. The summed E-state index contributed by atoms with van der Waals surface area (Å²) in [5.41, 5.74) is 1.51. The minimum Gasteiger partial charge on any atom is -0.508 e. The summed E-state index contributed by atoms with van der Waals surface area (Å²) in [5.74, 6) is 0.576. The van der Waals surface area contributed by atoms with Gasteiger partial charge >= 0.3 is 0 Å². The van der Waals surface area contributed by atoms with E-state index in [0.29, 0.717) is 5.82 Å². The maximum atomic E-state index is 10.8. The summed E-state index contributed by atoms with van der Waals surface area (Å²) >= 11 is 0. The highest BCUT2D eigenvalue weighted by molar-refractivity contribution is 5.84. The summed E-state index contributed by atoms with van der Waals surface area (Å²) < 4.78 is 1.81. The van der Waals surface area contributed by atoms with E-state index in [4.69, 9.17) is 0 Å². The van der Waals surface area contributed by atoms with Crippen LogP contribution >= 0.6 is 0 Å². The monoisotopic (exact) mass is 204 g/mol. The first-order valence-electron chi connectivity index (χ1n) is 4.79. The van der Waals surface area contributed by atoms with Crippen molar-refractivity contribution in [2.24, 2.45) is 0 Å². The van der Waals surface area contributed by atoms with E-state index in [1.54, 1.807) is 18.2 Å². The first-order chi connectivity index (χ1) is 7.13. The maximum absolute atomic E-state index is 10.8. The van der Waals surface area contributed by atoms with Gasteiger partial charge in [0.1, 0.15) is 5.75 Å². The number of hydrogen-bond acceptors (Lipinski definition) is 3. The van der Waals surface area contributed by atoms with Crippen LogP contribution in [0.3, 0.4) is 0 Å². The van der Waals surface area contributed by atoms with Crippen molar-refractivity contribution >= 4 is 17.3 Å². The number of hydrogen-bond donors (Lipinski definition) is 1. The fraction of sp³-hybridized carbons (Fsp3) is 0.273. The van der Waals surface area contributed by atoms with E-state index in [1.165, 1.54) is 0 Å². The number of carbonyl (C=O) groups excluding carboxylic acids is 1. The molecule has 1 aromatic heterocycles. The SMILES string of the molecule is CC(C)n1c(C=O)nc2ccc(O)cc21. The normalized spacial score (nSPS) is 11.1. The summed E-state index contributed by atoms with van der Waals surface area (Å²) in [5, 5.41) is 9.39. The molecule has 0 saturated carbocycles. The molecule has 0 saturated heterocycles. The summed E-state index contributed by atoms with van der Waals surface area (Å²) in [6.07, 6.45) is 0.733. The van der Waals surface area contributed by atoms with Crippen molar-refractivity contribution in [3.63, 3.8) is 0 Å². The second-order valence-electron chi connectivity index (χ2n) is 3.72. The standard InChI is InChI=1S/C11H12N2O2/c1-7(2)13-10-5-8(15)3-4-9(10)12-11(13)6-14/h3-7,15H,1-2H3. The molecule has 0 spiro atoms. The molecule has 2 aromatic rings. The summed E-state index contributed by atoms with van der Waals surface area (Å²) in [6.45, 7) is 3.94. The van der Waals surface area contributed by atoms with Gasteiger partial charge in [-0.15, -0.1) is 0 Å². The second kappa shape index (κ2) is 3.38. The second-order valence-corrected chi connectivity index (χ2v) is 3.72. The molecule has 1 N–H and O–H groups in total. The topological polar surface area (TPSA) is 55.1 Å². The van der Waals surface area contributed by atoms with Crippen molar-refractivity contribution in [3.05, 3.63) is 24.0 Å². The van der Waals surface area contributed by atoms with Gasteiger partial charge in [-0.25, -0.2) is 4.98 Å². The van der Waals surface area contributed by atoms with Gasteiger partial charge in [0.2, 0.25) is 0 Å².